The quantitative estimate of drug-likeness (QED) is 0.526. The van der Waals surface area contributed by atoms with Crippen molar-refractivity contribution in [2.24, 2.45) is 5.92 Å². The van der Waals surface area contributed by atoms with Gasteiger partial charge in [-0.25, -0.2) is 15.0 Å². The molecule has 178 valence electrons. The first kappa shape index (κ1) is 24.2. The van der Waals surface area contributed by atoms with Gasteiger partial charge in [-0.2, -0.15) is 0 Å². The summed E-state index contributed by atoms with van der Waals surface area (Å²) in [5, 5.41) is 0.707. The zero-order valence-electron chi connectivity index (χ0n) is 19.3. The molecule has 4 heterocycles. The Kier molecular flexibility index (Phi) is 7.74. The summed E-state index contributed by atoms with van der Waals surface area (Å²) >= 11 is 6.63. The Morgan fingerprint density at radius 3 is 2.45 bits per heavy atom. The fourth-order valence-corrected chi connectivity index (χ4v) is 5.02. The number of likely N-dealkylation sites (N-methyl/N-ethyl adjacent to an activating group) is 1. The first-order chi connectivity index (χ1) is 15.6. The van der Waals surface area contributed by atoms with Crippen LogP contribution < -0.4 is 4.90 Å². The maximum atomic E-state index is 6.63. The van der Waals surface area contributed by atoms with Crippen LogP contribution in [0.25, 0.3) is 22.6 Å². The molecule has 0 spiro atoms. The number of nitrogens with zero attached hydrogens (tertiary/aromatic N) is 6. The van der Waals surface area contributed by atoms with Gasteiger partial charge in [0, 0.05) is 51.5 Å². The van der Waals surface area contributed by atoms with Crippen LogP contribution in [0.1, 0.15) is 25.6 Å². The fourth-order valence-electron chi connectivity index (χ4n) is 4.80. The second kappa shape index (κ2) is 10.6. The molecule has 0 radical (unpaired) electrons. The molecule has 1 aromatic carbocycles. The summed E-state index contributed by atoms with van der Waals surface area (Å²) in [6.07, 6.45) is 2.11. The largest absolute Gasteiger partial charge is 0.381 e. The highest BCUT2D eigenvalue weighted by molar-refractivity contribution is 6.33. The van der Waals surface area contributed by atoms with E-state index in [1.165, 1.54) is 0 Å². The molecule has 2 fully saturated rings. The monoisotopic (exact) mass is 490 g/mol. The molecule has 0 bridgehead atoms. The minimum absolute atomic E-state index is 0. The standard InChI is InChI=1S/C24H31ClN6O.ClH/c1-3-29-10-12-30(13-11-29)23-21-24(27-17(2)26-23)31(16-18-8-14-32-15-9-18)22(28-21)19-6-4-5-7-20(19)25;/h4-7,18H,3,8-16H2,1-2H3;1H. The van der Waals surface area contributed by atoms with Crippen molar-refractivity contribution in [3.05, 3.63) is 35.1 Å². The Hall–Kier alpha value is -1.93. The third-order valence-electron chi connectivity index (χ3n) is 6.70. The first-order valence-corrected chi connectivity index (χ1v) is 12.1. The molecule has 0 aliphatic carbocycles. The molecule has 33 heavy (non-hydrogen) atoms. The van der Waals surface area contributed by atoms with Crippen LogP contribution >= 0.6 is 24.0 Å². The van der Waals surface area contributed by atoms with E-state index in [-0.39, 0.29) is 12.4 Å². The average molecular weight is 491 g/mol. The van der Waals surface area contributed by atoms with Crippen molar-refractivity contribution in [2.75, 3.05) is 50.8 Å². The normalized spacial score (nSPS) is 18.0. The van der Waals surface area contributed by atoms with Gasteiger partial charge < -0.3 is 19.1 Å². The second-order valence-electron chi connectivity index (χ2n) is 8.77. The van der Waals surface area contributed by atoms with Crippen LogP contribution in [0, 0.1) is 12.8 Å². The molecular formula is C24H32Cl2N6O. The fraction of sp³-hybridized carbons (Fsp3) is 0.542. The lowest BCUT2D eigenvalue weighted by Crippen LogP contribution is -2.46. The summed E-state index contributed by atoms with van der Waals surface area (Å²) in [7, 11) is 0. The third kappa shape index (κ3) is 4.97. The van der Waals surface area contributed by atoms with Crippen molar-refractivity contribution in [3.8, 4) is 11.4 Å². The SMILES string of the molecule is CCN1CCN(c2nc(C)nc3c2nc(-c2ccccc2Cl)n3CC2CCOCC2)CC1.Cl. The smallest absolute Gasteiger partial charge is 0.166 e. The van der Waals surface area contributed by atoms with E-state index in [0.29, 0.717) is 10.9 Å². The number of imidazole rings is 1. The number of piperazine rings is 1. The average Bonchev–Trinajstić information content (AvgIpc) is 3.17. The van der Waals surface area contributed by atoms with Crippen LogP contribution in [0.4, 0.5) is 5.82 Å². The number of fused-ring (bicyclic) bond motifs is 1. The highest BCUT2D eigenvalue weighted by Gasteiger charge is 2.26. The van der Waals surface area contributed by atoms with Gasteiger partial charge in [0.25, 0.3) is 0 Å². The Morgan fingerprint density at radius 2 is 1.76 bits per heavy atom. The molecule has 0 unspecified atom stereocenters. The van der Waals surface area contributed by atoms with E-state index in [9.17, 15) is 0 Å². The molecule has 0 N–H and O–H groups in total. The van der Waals surface area contributed by atoms with E-state index in [1.54, 1.807) is 0 Å². The summed E-state index contributed by atoms with van der Waals surface area (Å²) in [6.45, 7) is 11.8. The summed E-state index contributed by atoms with van der Waals surface area (Å²) in [4.78, 5) is 19.7. The van der Waals surface area contributed by atoms with Crippen molar-refractivity contribution in [3.63, 3.8) is 0 Å². The van der Waals surface area contributed by atoms with Gasteiger partial charge in [0.2, 0.25) is 0 Å². The molecule has 2 saturated heterocycles. The van der Waals surface area contributed by atoms with E-state index in [0.717, 1.165) is 99.5 Å². The zero-order valence-corrected chi connectivity index (χ0v) is 20.9. The van der Waals surface area contributed by atoms with Crippen molar-refractivity contribution >= 4 is 41.0 Å². The van der Waals surface area contributed by atoms with Crippen LogP contribution in [0.15, 0.2) is 24.3 Å². The van der Waals surface area contributed by atoms with Crippen molar-refractivity contribution in [1.29, 1.82) is 0 Å². The molecule has 9 heteroatoms. The van der Waals surface area contributed by atoms with Crippen molar-refractivity contribution in [1.82, 2.24) is 24.4 Å². The zero-order chi connectivity index (χ0) is 22.1. The van der Waals surface area contributed by atoms with Gasteiger partial charge in [-0.15, -0.1) is 12.4 Å². The van der Waals surface area contributed by atoms with Crippen LogP contribution in [0.3, 0.4) is 0 Å². The topological polar surface area (TPSA) is 59.3 Å². The summed E-state index contributed by atoms with van der Waals surface area (Å²) in [5.74, 6) is 3.14. The lowest BCUT2D eigenvalue weighted by molar-refractivity contribution is 0.0617. The molecule has 2 aliphatic rings. The molecule has 3 aromatic rings. The molecule has 7 nitrogen and oxygen atoms in total. The summed E-state index contributed by atoms with van der Waals surface area (Å²) < 4.78 is 7.86. The number of ether oxygens (including phenoxy) is 1. The predicted molar refractivity (Wildman–Crippen MR) is 136 cm³/mol. The van der Waals surface area contributed by atoms with Gasteiger partial charge in [-0.05, 0) is 44.4 Å². The number of benzene rings is 1. The summed E-state index contributed by atoms with van der Waals surface area (Å²) in [6, 6.07) is 7.95. The lowest BCUT2D eigenvalue weighted by atomic mass is 10.00. The van der Waals surface area contributed by atoms with Crippen LogP contribution in [-0.2, 0) is 11.3 Å². The van der Waals surface area contributed by atoms with Crippen LogP contribution in [-0.4, -0.2) is 70.4 Å². The Labute approximate surface area is 206 Å². The number of hydrogen-bond acceptors (Lipinski definition) is 6. The van der Waals surface area contributed by atoms with Crippen LogP contribution in [0.5, 0.6) is 0 Å². The van der Waals surface area contributed by atoms with E-state index >= 15 is 0 Å². The lowest BCUT2D eigenvalue weighted by Gasteiger charge is -2.34. The van der Waals surface area contributed by atoms with Gasteiger partial charge >= 0.3 is 0 Å². The van der Waals surface area contributed by atoms with Crippen molar-refractivity contribution in [2.45, 2.75) is 33.2 Å². The van der Waals surface area contributed by atoms with E-state index in [4.69, 9.17) is 31.3 Å². The third-order valence-corrected chi connectivity index (χ3v) is 7.03. The van der Waals surface area contributed by atoms with E-state index < -0.39 is 0 Å². The molecule has 0 saturated carbocycles. The number of aryl methyl sites for hydroxylation is 1. The summed E-state index contributed by atoms with van der Waals surface area (Å²) in [5.41, 5.74) is 2.73. The van der Waals surface area contributed by atoms with Gasteiger partial charge in [0.05, 0.1) is 5.02 Å². The Bertz CT molecular complexity index is 1090. The highest BCUT2D eigenvalue weighted by Crippen LogP contribution is 2.34. The van der Waals surface area contributed by atoms with Crippen LogP contribution in [0.2, 0.25) is 5.02 Å². The number of hydrogen-bond donors (Lipinski definition) is 0. The number of anilines is 1. The van der Waals surface area contributed by atoms with Gasteiger partial charge in [0.15, 0.2) is 17.0 Å². The molecular weight excluding hydrogens is 459 g/mol. The minimum atomic E-state index is 0. The van der Waals surface area contributed by atoms with Gasteiger partial charge in [0.1, 0.15) is 11.6 Å². The predicted octanol–water partition coefficient (Wildman–Crippen LogP) is 4.45. The molecule has 2 aliphatic heterocycles. The van der Waals surface area contributed by atoms with Gasteiger partial charge in [-0.1, -0.05) is 30.7 Å². The maximum Gasteiger partial charge on any atom is 0.166 e. The Morgan fingerprint density at radius 1 is 1.03 bits per heavy atom. The second-order valence-corrected chi connectivity index (χ2v) is 9.18. The van der Waals surface area contributed by atoms with Gasteiger partial charge in [-0.3, -0.25) is 0 Å². The highest BCUT2D eigenvalue weighted by atomic mass is 35.5. The molecule has 0 atom stereocenters. The first-order valence-electron chi connectivity index (χ1n) is 11.7. The molecule has 0 amide bonds. The van der Waals surface area contributed by atoms with Crippen molar-refractivity contribution < 1.29 is 4.74 Å². The maximum absolute atomic E-state index is 6.63. The molecule has 2 aromatic heterocycles. The number of rotatable bonds is 5. The number of aromatic nitrogens is 4. The molecule has 5 rings (SSSR count). The number of halogens is 2. The van der Waals surface area contributed by atoms with E-state index in [2.05, 4.69) is 21.3 Å². The minimum Gasteiger partial charge on any atom is -0.381 e. The van der Waals surface area contributed by atoms with E-state index in [1.807, 2.05) is 31.2 Å². The Balaban J connectivity index is 0.00000259.